The van der Waals surface area contributed by atoms with Crippen molar-refractivity contribution >= 4 is 5.69 Å². The van der Waals surface area contributed by atoms with Crippen molar-refractivity contribution in [3.05, 3.63) is 47.5 Å². The molecule has 0 saturated carbocycles. The number of hydrogen-bond donors (Lipinski definition) is 1. The summed E-state index contributed by atoms with van der Waals surface area (Å²) in [5.74, 6) is -1.59. The minimum atomic E-state index is -0.861. The highest BCUT2D eigenvalue weighted by Gasteiger charge is 2.15. The van der Waals surface area contributed by atoms with Crippen LogP contribution in [0.5, 0.6) is 17.2 Å². The van der Waals surface area contributed by atoms with Gasteiger partial charge in [-0.15, -0.1) is 0 Å². The Hall–Kier alpha value is -2.30. The Balaban J connectivity index is 2.42. The molecule has 2 N–H and O–H groups in total. The summed E-state index contributed by atoms with van der Waals surface area (Å²) in [6.45, 7) is 1.87. The van der Waals surface area contributed by atoms with Crippen molar-refractivity contribution in [3.8, 4) is 17.2 Å². The average Bonchev–Trinajstić information content (AvgIpc) is 2.35. The van der Waals surface area contributed by atoms with Crippen LogP contribution in [0.3, 0.4) is 0 Å². The minimum Gasteiger partial charge on any atom is -0.493 e. The maximum absolute atomic E-state index is 13.6. The maximum Gasteiger partial charge on any atom is 0.198 e. The lowest BCUT2D eigenvalue weighted by Gasteiger charge is -2.12. The summed E-state index contributed by atoms with van der Waals surface area (Å²) >= 11 is 0. The van der Waals surface area contributed by atoms with Crippen molar-refractivity contribution < 1.29 is 18.3 Å². The maximum atomic E-state index is 13.6. The van der Waals surface area contributed by atoms with E-state index in [0.29, 0.717) is 5.75 Å². The predicted octanol–water partition coefficient (Wildman–Crippen LogP) is 3.66. The third kappa shape index (κ3) is 2.76. The first-order valence-corrected chi connectivity index (χ1v) is 5.58. The van der Waals surface area contributed by atoms with Gasteiger partial charge < -0.3 is 15.2 Å². The van der Waals surface area contributed by atoms with Gasteiger partial charge in [0.2, 0.25) is 0 Å². The van der Waals surface area contributed by atoms with Crippen LogP contribution in [-0.4, -0.2) is 7.11 Å². The summed E-state index contributed by atoms with van der Waals surface area (Å²) in [7, 11) is 1.46. The van der Waals surface area contributed by atoms with Gasteiger partial charge in [-0.3, -0.25) is 0 Å². The molecule has 0 atom stereocenters. The normalized spacial score (nSPS) is 10.3. The van der Waals surface area contributed by atoms with Gasteiger partial charge in [-0.05, 0) is 24.6 Å². The number of aryl methyl sites for hydroxylation is 1. The highest BCUT2D eigenvalue weighted by molar-refractivity contribution is 5.48. The van der Waals surface area contributed by atoms with Crippen LogP contribution in [-0.2, 0) is 0 Å². The molecule has 0 aliphatic heterocycles. The molecule has 2 aromatic rings. The first kappa shape index (κ1) is 13.1. The number of nitrogen functional groups attached to an aromatic ring is 1. The van der Waals surface area contributed by atoms with E-state index in [0.717, 1.165) is 17.7 Å². The zero-order chi connectivity index (χ0) is 14.0. The van der Waals surface area contributed by atoms with E-state index in [1.54, 1.807) is 18.2 Å². The summed E-state index contributed by atoms with van der Waals surface area (Å²) in [6, 6.07) is 7.05. The van der Waals surface area contributed by atoms with Crippen molar-refractivity contribution in [2.75, 3.05) is 12.8 Å². The Morgan fingerprint density at radius 3 is 2.21 bits per heavy atom. The summed E-state index contributed by atoms with van der Waals surface area (Å²) in [5.41, 5.74) is 6.28. The Morgan fingerprint density at radius 2 is 1.63 bits per heavy atom. The molecule has 2 rings (SSSR count). The van der Waals surface area contributed by atoms with Crippen LogP contribution < -0.4 is 15.2 Å². The standard InChI is InChI=1S/C14H13F2NO2/c1-8-3-4-12(13(5-8)18-2)19-14-10(15)6-9(17)7-11(14)16/h3-7H,17H2,1-2H3. The quantitative estimate of drug-likeness (QED) is 0.861. The van der Waals surface area contributed by atoms with E-state index in [1.165, 1.54) is 7.11 Å². The van der Waals surface area contributed by atoms with E-state index in [2.05, 4.69) is 0 Å². The third-order valence-electron chi connectivity index (χ3n) is 2.55. The van der Waals surface area contributed by atoms with E-state index >= 15 is 0 Å². The number of methoxy groups -OCH3 is 1. The summed E-state index contributed by atoms with van der Waals surface area (Å²) in [6.07, 6.45) is 0. The summed E-state index contributed by atoms with van der Waals surface area (Å²) < 4.78 is 37.6. The predicted molar refractivity (Wildman–Crippen MR) is 68.6 cm³/mol. The van der Waals surface area contributed by atoms with Crippen LogP contribution in [0, 0.1) is 18.6 Å². The minimum absolute atomic E-state index is 0.00165. The molecule has 0 bridgehead atoms. The Kier molecular flexibility index (Phi) is 3.55. The number of rotatable bonds is 3. The highest BCUT2D eigenvalue weighted by atomic mass is 19.1. The number of halogens is 2. The van der Waals surface area contributed by atoms with E-state index in [4.69, 9.17) is 15.2 Å². The van der Waals surface area contributed by atoms with Crippen molar-refractivity contribution in [3.63, 3.8) is 0 Å². The Bertz CT molecular complexity index is 591. The Labute approximate surface area is 109 Å². The van der Waals surface area contributed by atoms with Crippen LogP contribution in [0.4, 0.5) is 14.5 Å². The molecular weight excluding hydrogens is 252 g/mol. The fourth-order valence-electron chi connectivity index (χ4n) is 1.65. The number of ether oxygens (including phenoxy) is 2. The molecule has 0 aromatic heterocycles. The molecule has 0 unspecified atom stereocenters. The van der Waals surface area contributed by atoms with Gasteiger partial charge >= 0.3 is 0 Å². The fourth-order valence-corrected chi connectivity index (χ4v) is 1.65. The second-order valence-corrected chi connectivity index (χ2v) is 4.07. The van der Waals surface area contributed by atoms with E-state index in [-0.39, 0.29) is 11.4 Å². The molecule has 0 saturated heterocycles. The second kappa shape index (κ2) is 5.14. The second-order valence-electron chi connectivity index (χ2n) is 4.07. The Morgan fingerprint density at radius 1 is 1.00 bits per heavy atom. The van der Waals surface area contributed by atoms with Crippen molar-refractivity contribution in [1.29, 1.82) is 0 Å². The lowest BCUT2D eigenvalue weighted by atomic mass is 10.2. The fraction of sp³-hybridized carbons (Fsp3) is 0.143. The topological polar surface area (TPSA) is 44.5 Å². The van der Waals surface area contributed by atoms with E-state index in [9.17, 15) is 8.78 Å². The number of benzene rings is 2. The monoisotopic (exact) mass is 265 g/mol. The van der Waals surface area contributed by atoms with Gasteiger partial charge in [0.25, 0.3) is 0 Å². The molecule has 0 fully saturated rings. The molecule has 5 heteroatoms. The number of hydrogen-bond acceptors (Lipinski definition) is 3. The van der Waals surface area contributed by atoms with E-state index < -0.39 is 17.4 Å². The molecule has 100 valence electrons. The summed E-state index contributed by atoms with van der Waals surface area (Å²) in [5, 5.41) is 0. The molecule has 19 heavy (non-hydrogen) atoms. The molecular formula is C14H13F2NO2. The lowest BCUT2D eigenvalue weighted by Crippen LogP contribution is -1.97. The van der Waals surface area contributed by atoms with Gasteiger partial charge in [0.1, 0.15) is 0 Å². The van der Waals surface area contributed by atoms with Gasteiger partial charge in [-0.1, -0.05) is 6.07 Å². The zero-order valence-corrected chi connectivity index (χ0v) is 10.5. The average molecular weight is 265 g/mol. The molecule has 3 nitrogen and oxygen atoms in total. The van der Waals surface area contributed by atoms with Gasteiger partial charge in [0.05, 0.1) is 7.11 Å². The smallest absolute Gasteiger partial charge is 0.198 e. The number of nitrogens with two attached hydrogens (primary N) is 1. The molecule has 2 aromatic carbocycles. The molecule has 0 radical (unpaired) electrons. The zero-order valence-electron chi connectivity index (χ0n) is 10.5. The molecule has 0 heterocycles. The van der Waals surface area contributed by atoms with Crippen molar-refractivity contribution in [2.45, 2.75) is 6.92 Å². The first-order valence-electron chi connectivity index (χ1n) is 5.58. The van der Waals surface area contributed by atoms with Crippen LogP contribution >= 0.6 is 0 Å². The van der Waals surface area contributed by atoms with Crippen LogP contribution in [0.15, 0.2) is 30.3 Å². The van der Waals surface area contributed by atoms with Gasteiger partial charge in [0.15, 0.2) is 28.9 Å². The SMILES string of the molecule is COc1cc(C)ccc1Oc1c(F)cc(N)cc1F. The van der Waals surface area contributed by atoms with Crippen molar-refractivity contribution in [1.82, 2.24) is 0 Å². The molecule has 0 spiro atoms. The van der Waals surface area contributed by atoms with Crippen molar-refractivity contribution in [2.24, 2.45) is 0 Å². The van der Waals surface area contributed by atoms with Gasteiger partial charge in [-0.25, -0.2) is 8.78 Å². The van der Waals surface area contributed by atoms with Gasteiger partial charge in [0, 0.05) is 17.8 Å². The van der Waals surface area contributed by atoms with Gasteiger partial charge in [-0.2, -0.15) is 0 Å². The molecule has 0 aliphatic rings. The first-order chi connectivity index (χ1) is 9.01. The highest BCUT2D eigenvalue weighted by Crippen LogP contribution is 2.35. The number of anilines is 1. The van der Waals surface area contributed by atoms with Crippen LogP contribution in [0.25, 0.3) is 0 Å². The lowest BCUT2D eigenvalue weighted by molar-refractivity contribution is 0.359. The molecule has 0 aliphatic carbocycles. The molecule has 0 amide bonds. The largest absolute Gasteiger partial charge is 0.493 e. The third-order valence-corrected chi connectivity index (χ3v) is 2.55. The van der Waals surface area contributed by atoms with Crippen LogP contribution in [0.1, 0.15) is 5.56 Å². The summed E-state index contributed by atoms with van der Waals surface area (Å²) in [4.78, 5) is 0. The van der Waals surface area contributed by atoms with E-state index in [1.807, 2.05) is 6.92 Å². The van der Waals surface area contributed by atoms with Crippen LogP contribution in [0.2, 0.25) is 0 Å².